The Kier molecular flexibility index (Phi) is 2.40. The lowest BCUT2D eigenvalue weighted by Gasteiger charge is -2.06. The maximum absolute atomic E-state index is 3.49. The van der Waals surface area contributed by atoms with E-state index in [0.29, 0.717) is 5.92 Å². The lowest BCUT2D eigenvalue weighted by atomic mass is 10.1. The lowest BCUT2D eigenvalue weighted by Crippen LogP contribution is -1.97. The fraction of sp³-hybridized carbons (Fsp3) is 0.333. The Balaban J connectivity index is 2.73. The van der Waals surface area contributed by atoms with Crippen molar-refractivity contribution in [2.45, 2.75) is 19.8 Å². The molecule has 2 heteroatoms. The van der Waals surface area contributed by atoms with Crippen molar-refractivity contribution in [3.63, 3.8) is 0 Å². The summed E-state index contributed by atoms with van der Waals surface area (Å²) in [6, 6.07) is 8.68. The summed E-state index contributed by atoms with van der Waals surface area (Å²) < 4.78 is 3.41. The molecule has 1 heterocycles. The third-order valence-corrected chi connectivity index (χ3v) is 3.13. The van der Waals surface area contributed by atoms with Gasteiger partial charge >= 0.3 is 0 Å². The van der Waals surface area contributed by atoms with E-state index in [1.807, 2.05) is 0 Å². The van der Waals surface area contributed by atoms with Gasteiger partial charge in [-0.3, -0.25) is 0 Å². The molecule has 2 rings (SSSR count). The van der Waals surface area contributed by atoms with Gasteiger partial charge < -0.3 is 4.57 Å². The molecular formula is C12H14BrN. The van der Waals surface area contributed by atoms with Gasteiger partial charge in [0.2, 0.25) is 0 Å². The third kappa shape index (κ3) is 1.48. The van der Waals surface area contributed by atoms with E-state index >= 15 is 0 Å². The molecule has 0 aliphatic carbocycles. The average molecular weight is 252 g/mol. The predicted molar refractivity (Wildman–Crippen MR) is 64.7 cm³/mol. The molecule has 0 saturated heterocycles. The number of hydrogen-bond acceptors (Lipinski definition) is 0. The molecule has 74 valence electrons. The van der Waals surface area contributed by atoms with Gasteiger partial charge in [-0.05, 0) is 30.2 Å². The van der Waals surface area contributed by atoms with Crippen LogP contribution in [0.5, 0.6) is 0 Å². The quantitative estimate of drug-likeness (QED) is 0.721. The minimum Gasteiger partial charge on any atom is -0.347 e. The Hall–Kier alpha value is -0.760. The van der Waals surface area contributed by atoms with Crippen molar-refractivity contribution < 1.29 is 0 Å². The van der Waals surface area contributed by atoms with E-state index in [1.54, 1.807) is 0 Å². The Morgan fingerprint density at radius 1 is 1.21 bits per heavy atom. The molecule has 0 N–H and O–H groups in total. The average Bonchev–Trinajstić information content (AvgIpc) is 2.43. The van der Waals surface area contributed by atoms with Crippen LogP contribution in [0.15, 0.2) is 28.7 Å². The molecule has 0 aliphatic heterocycles. The Labute approximate surface area is 92.9 Å². The number of hydrogen-bond donors (Lipinski definition) is 0. The third-order valence-electron chi connectivity index (χ3n) is 2.63. The molecule has 14 heavy (non-hydrogen) atoms. The second kappa shape index (κ2) is 3.43. The summed E-state index contributed by atoms with van der Waals surface area (Å²) in [7, 11) is 2.13. The Morgan fingerprint density at radius 3 is 2.57 bits per heavy atom. The fourth-order valence-corrected chi connectivity index (χ4v) is 2.27. The number of aryl methyl sites for hydroxylation is 1. The molecule has 1 aromatic heterocycles. The van der Waals surface area contributed by atoms with E-state index in [1.165, 1.54) is 16.6 Å². The zero-order valence-corrected chi connectivity index (χ0v) is 10.3. The minimum atomic E-state index is 0.575. The van der Waals surface area contributed by atoms with E-state index in [9.17, 15) is 0 Å². The molecule has 0 bridgehead atoms. The first-order chi connectivity index (χ1) is 6.59. The second-order valence-electron chi connectivity index (χ2n) is 3.99. The SMILES string of the molecule is CC(C)c1cc2cc(Br)ccc2n1C. The van der Waals surface area contributed by atoms with E-state index in [2.05, 4.69) is 65.7 Å². The van der Waals surface area contributed by atoms with Crippen molar-refractivity contribution in [2.24, 2.45) is 7.05 Å². The highest BCUT2D eigenvalue weighted by atomic mass is 79.9. The highest BCUT2D eigenvalue weighted by Crippen LogP contribution is 2.26. The zero-order valence-electron chi connectivity index (χ0n) is 8.71. The predicted octanol–water partition coefficient (Wildman–Crippen LogP) is 4.06. The van der Waals surface area contributed by atoms with Gasteiger partial charge in [0.05, 0.1) is 0 Å². The molecule has 0 amide bonds. The van der Waals surface area contributed by atoms with Gasteiger partial charge in [0.25, 0.3) is 0 Å². The van der Waals surface area contributed by atoms with Gasteiger partial charge in [-0.2, -0.15) is 0 Å². The fourth-order valence-electron chi connectivity index (χ4n) is 1.90. The standard InChI is InChI=1S/C12H14BrN/c1-8(2)12-7-9-6-10(13)4-5-11(9)14(12)3/h4-8H,1-3H3. The number of rotatable bonds is 1. The molecule has 1 aromatic carbocycles. The van der Waals surface area contributed by atoms with Crippen molar-refractivity contribution in [3.05, 3.63) is 34.4 Å². The van der Waals surface area contributed by atoms with Crippen LogP contribution < -0.4 is 0 Å². The smallest absolute Gasteiger partial charge is 0.0480 e. The molecule has 1 nitrogen and oxygen atoms in total. The first kappa shape index (κ1) is 9.78. The van der Waals surface area contributed by atoms with E-state index in [0.717, 1.165) is 4.47 Å². The van der Waals surface area contributed by atoms with Gasteiger partial charge in [0, 0.05) is 28.1 Å². The monoisotopic (exact) mass is 251 g/mol. The van der Waals surface area contributed by atoms with Crippen LogP contribution in [0.3, 0.4) is 0 Å². The maximum Gasteiger partial charge on any atom is 0.0480 e. The number of halogens is 1. The van der Waals surface area contributed by atoms with Gasteiger partial charge in [0.15, 0.2) is 0 Å². The van der Waals surface area contributed by atoms with Gasteiger partial charge in [-0.25, -0.2) is 0 Å². The van der Waals surface area contributed by atoms with Crippen LogP contribution in [0.4, 0.5) is 0 Å². The highest BCUT2D eigenvalue weighted by molar-refractivity contribution is 9.10. The summed E-state index contributed by atoms with van der Waals surface area (Å²) in [5.41, 5.74) is 2.69. The van der Waals surface area contributed by atoms with Gasteiger partial charge in [-0.1, -0.05) is 29.8 Å². The van der Waals surface area contributed by atoms with Crippen LogP contribution >= 0.6 is 15.9 Å². The van der Waals surface area contributed by atoms with Gasteiger partial charge in [0.1, 0.15) is 0 Å². The summed E-state index contributed by atoms with van der Waals surface area (Å²) in [5, 5.41) is 1.31. The second-order valence-corrected chi connectivity index (χ2v) is 4.90. The van der Waals surface area contributed by atoms with Crippen LogP contribution in [-0.2, 0) is 7.05 Å². The topological polar surface area (TPSA) is 4.93 Å². The zero-order chi connectivity index (χ0) is 10.3. The number of aromatic nitrogens is 1. The molecular weight excluding hydrogens is 238 g/mol. The van der Waals surface area contributed by atoms with E-state index in [4.69, 9.17) is 0 Å². The minimum absolute atomic E-state index is 0.575. The first-order valence-corrected chi connectivity index (χ1v) is 5.64. The van der Waals surface area contributed by atoms with Crippen LogP contribution in [-0.4, -0.2) is 4.57 Å². The maximum atomic E-state index is 3.49. The number of nitrogens with zero attached hydrogens (tertiary/aromatic N) is 1. The largest absolute Gasteiger partial charge is 0.347 e. The first-order valence-electron chi connectivity index (χ1n) is 4.84. The lowest BCUT2D eigenvalue weighted by molar-refractivity contribution is 0.755. The molecule has 0 aliphatic rings. The van der Waals surface area contributed by atoms with Crippen LogP contribution in [0, 0.1) is 0 Å². The molecule has 0 saturated carbocycles. The van der Waals surface area contributed by atoms with Crippen molar-refractivity contribution in [2.75, 3.05) is 0 Å². The molecule has 0 unspecified atom stereocenters. The van der Waals surface area contributed by atoms with Crippen molar-refractivity contribution in [3.8, 4) is 0 Å². The summed E-state index contributed by atoms with van der Waals surface area (Å²) >= 11 is 3.49. The summed E-state index contributed by atoms with van der Waals surface area (Å²) in [4.78, 5) is 0. The number of benzene rings is 1. The Morgan fingerprint density at radius 2 is 1.93 bits per heavy atom. The van der Waals surface area contributed by atoms with E-state index in [-0.39, 0.29) is 0 Å². The number of fused-ring (bicyclic) bond motifs is 1. The molecule has 0 atom stereocenters. The molecule has 0 spiro atoms. The molecule has 0 radical (unpaired) electrons. The summed E-state index contributed by atoms with van der Waals surface area (Å²) in [6.45, 7) is 4.45. The summed E-state index contributed by atoms with van der Waals surface area (Å²) in [5.74, 6) is 0.575. The van der Waals surface area contributed by atoms with Crippen LogP contribution in [0.2, 0.25) is 0 Å². The van der Waals surface area contributed by atoms with Crippen molar-refractivity contribution >= 4 is 26.8 Å². The normalized spacial score (nSPS) is 11.5. The summed E-state index contributed by atoms with van der Waals surface area (Å²) in [6.07, 6.45) is 0. The highest BCUT2D eigenvalue weighted by Gasteiger charge is 2.08. The van der Waals surface area contributed by atoms with Gasteiger partial charge in [-0.15, -0.1) is 0 Å². The van der Waals surface area contributed by atoms with Crippen LogP contribution in [0.25, 0.3) is 10.9 Å². The van der Waals surface area contributed by atoms with Crippen molar-refractivity contribution in [1.82, 2.24) is 4.57 Å². The van der Waals surface area contributed by atoms with Crippen LogP contribution in [0.1, 0.15) is 25.5 Å². The molecule has 2 aromatic rings. The van der Waals surface area contributed by atoms with E-state index < -0.39 is 0 Å². The Bertz CT molecular complexity index is 468. The molecule has 0 fully saturated rings. The van der Waals surface area contributed by atoms with Crippen molar-refractivity contribution in [1.29, 1.82) is 0 Å².